The first-order valence-corrected chi connectivity index (χ1v) is 7.79. The van der Waals surface area contributed by atoms with Crippen molar-refractivity contribution < 1.29 is 9.18 Å². The van der Waals surface area contributed by atoms with Gasteiger partial charge in [-0.1, -0.05) is 29.8 Å². The SMILES string of the molecule is Cc1ccc(-n2ccc(C#N)c2C(=O)NCc2ccc(F)cc2)cc1. The third-order valence-electron chi connectivity index (χ3n) is 3.90. The van der Waals surface area contributed by atoms with Crippen molar-refractivity contribution in [2.45, 2.75) is 13.5 Å². The lowest BCUT2D eigenvalue weighted by Gasteiger charge is -2.11. The molecular formula is C20H16FN3O. The van der Waals surface area contributed by atoms with Crippen molar-refractivity contribution in [1.82, 2.24) is 9.88 Å². The van der Waals surface area contributed by atoms with Crippen molar-refractivity contribution in [3.8, 4) is 11.8 Å². The highest BCUT2D eigenvalue weighted by Crippen LogP contribution is 2.18. The van der Waals surface area contributed by atoms with E-state index in [0.29, 0.717) is 5.56 Å². The average molecular weight is 333 g/mol. The van der Waals surface area contributed by atoms with E-state index in [1.54, 1.807) is 29.0 Å². The summed E-state index contributed by atoms with van der Waals surface area (Å²) in [7, 11) is 0. The predicted octanol–water partition coefficient (Wildman–Crippen LogP) is 3.73. The van der Waals surface area contributed by atoms with Crippen molar-refractivity contribution >= 4 is 5.91 Å². The van der Waals surface area contributed by atoms with E-state index in [1.807, 2.05) is 31.2 Å². The minimum absolute atomic E-state index is 0.253. The van der Waals surface area contributed by atoms with Crippen molar-refractivity contribution in [2.24, 2.45) is 0 Å². The van der Waals surface area contributed by atoms with Crippen LogP contribution in [-0.2, 0) is 6.54 Å². The van der Waals surface area contributed by atoms with Crippen LogP contribution in [0.1, 0.15) is 27.2 Å². The van der Waals surface area contributed by atoms with Crippen LogP contribution in [0, 0.1) is 24.1 Å². The molecule has 5 heteroatoms. The minimum Gasteiger partial charge on any atom is -0.347 e. The third kappa shape index (κ3) is 3.59. The summed E-state index contributed by atoms with van der Waals surface area (Å²) in [5.41, 5.74) is 3.28. The maximum Gasteiger partial charge on any atom is 0.269 e. The van der Waals surface area contributed by atoms with Gasteiger partial charge >= 0.3 is 0 Å². The first kappa shape index (κ1) is 16.5. The van der Waals surface area contributed by atoms with Gasteiger partial charge in [-0.15, -0.1) is 0 Å². The Bertz CT molecular complexity index is 935. The van der Waals surface area contributed by atoms with Gasteiger partial charge in [-0.3, -0.25) is 4.79 Å². The molecule has 0 atom stereocenters. The number of nitrogens with zero attached hydrogens (tertiary/aromatic N) is 2. The molecule has 0 aliphatic heterocycles. The first-order valence-electron chi connectivity index (χ1n) is 7.79. The normalized spacial score (nSPS) is 10.3. The van der Waals surface area contributed by atoms with Gasteiger partial charge in [0, 0.05) is 18.4 Å². The molecule has 0 saturated heterocycles. The Morgan fingerprint density at radius 2 is 1.80 bits per heavy atom. The molecule has 0 unspecified atom stereocenters. The highest BCUT2D eigenvalue weighted by Gasteiger charge is 2.18. The lowest BCUT2D eigenvalue weighted by atomic mass is 10.2. The number of aryl methyl sites for hydroxylation is 1. The molecule has 0 saturated carbocycles. The Hall–Kier alpha value is -3.39. The van der Waals surface area contributed by atoms with Crippen molar-refractivity contribution in [3.05, 3.63) is 89.0 Å². The van der Waals surface area contributed by atoms with Crippen LogP contribution in [0.3, 0.4) is 0 Å². The lowest BCUT2D eigenvalue weighted by molar-refractivity contribution is 0.0944. The van der Waals surface area contributed by atoms with E-state index in [0.717, 1.165) is 16.8 Å². The van der Waals surface area contributed by atoms with Crippen molar-refractivity contribution in [3.63, 3.8) is 0 Å². The topological polar surface area (TPSA) is 57.8 Å². The van der Waals surface area contributed by atoms with E-state index in [1.165, 1.54) is 12.1 Å². The third-order valence-corrected chi connectivity index (χ3v) is 3.90. The molecule has 0 fully saturated rings. The van der Waals surface area contributed by atoms with Gasteiger partial charge in [0.05, 0.1) is 5.56 Å². The molecule has 4 nitrogen and oxygen atoms in total. The van der Waals surface area contributed by atoms with E-state index in [4.69, 9.17) is 0 Å². The molecule has 3 aromatic rings. The van der Waals surface area contributed by atoms with Crippen molar-refractivity contribution in [2.75, 3.05) is 0 Å². The summed E-state index contributed by atoms with van der Waals surface area (Å²) in [6.45, 7) is 2.24. The van der Waals surface area contributed by atoms with Crippen LogP contribution < -0.4 is 5.32 Å². The summed E-state index contributed by atoms with van der Waals surface area (Å²) in [4.78, 5) is 12.6. The zero-order valence-electron chi connectivity index (χ0n) is 13.7. The molecule has 0 aliphatic carbocycles. The standard InChI is InChI=1S/C20H16FN3O/c1-14-2-8-18(9-3-14)24-11-10-16(12-22)19(24)20(25)23-13-15-4-6-17(21)7-5-15/h2-11H,13H2,1H3,(H,23,25). The Morgan fingerprint density at radius 3 is 2.44 bits per heavy atom. The van der Waals surface area contributed by atoms with E-state index >= 15 is 0 Å². The average Bonchev–Trinajstić information content (AvgIpc) is 3.06. The minimum atomic E-state index is -0.355. The van der Waals surface area contributed by atoms with Gasteiger partial charge in [0.1, 0.15) is 17.6 Å². The second-order valence-electron chi connectivity index (χ2n) is 5.70. The van der Waals surface area contributed by atoms with Crippen LogP contribution >= 0.6 is 0 Å². The predicted molar refractivity (Wildman–Crippen MR) is 92.8 cm³/mol. The molecule has 1 aromatic heterocycles. The maximum atomic E-state index is 12.9. The number of hydrogen-bond donors (Lipinski definition) is 1. The molecule has 3 rings (SSSR count). The van der Waals surface area contributed by atoms with Crippen LogP contribution in [0.25, 0.3) is 5.69 Å². The molecular weight excluding hydrogens is 317 g/mol. The molecule has 0 aliphatic rings. The van der Waals surface area contributed by atoms with Gasteiger partial charge in [-0.25, -0.2) is 4.39 Å². The number of nitriles is 1. The monoisotopic (exact) mass is 333 g/mol. The number of aromatic nitrogens is 1. The Balaban J connectivity index is 1.86. The molecule has 1 N–H and O–H groups in total. The summed E-state index contributed by atoms with van der Waals surface area (Å²) in [6, 6.07) is 17.3. The van der Waals surface area contributed by atoms with Crippen molar-refractivity contribution in [1.29, 1.82) is 5.26 Å². The zero-order chi connectivity index (χ0) is 17.8. The van der Waals surface area contributed by atoms with E-state index in [-0.39, 0.29) is 24.0 Å². The summed E-state index contributed by atoms with van der Waals surface area (Å²) < 4.78 is 14.6. The van der Waals surface area contributed by atoms with E-state index < -0.39 is 0 Å². The number of nitrogens with one attached hydrogen (secondary N) is 1. The van der Waals surface area contributed by atoms with Gasteiger partial charge in [0.2, 0.25) is 0 Å². The smallest absolute Gasteiger partial charge is 0.269 e. The number of benzene rings is 2. The van der Waals surface area contributed by atoms with E-state index in [2.05, 4.69) is 11.4 Å². The number of halogens is 1. The number of carbonyl (C=O) groups excluding carboxylic acids is 1. The molecule has 1 amide bonds. The lowest BCUT2D eigenvalue weighted by Crippen LogP contribution is -2.26. The van der Waals surface area contributed by atoms with Crippen LogP contribution in [0.2, 0.25) is 0 Å². The molecule has 0 spiro atoms. The van der Waals surface area contributed by atoms with Crippen LogP contribution in [-0.4, -0.2) is 10.5 Å². The zero-order valence-corrected chi connectivity index (χ0v) is 13.7. The molecule has 0 bridgehead atoms. The van der Waals surface area contributed by atoms with Gasteiger partial charge in [0.15, 0.2) is 0 Å². The quantitative estimate of drug-likeness (QED) is 0.791. The first-order chi connectivity index (χ1) is 12.1. The fourth-order valence-electron chi connectivity index (χ4n) is 2.54. The second-order valence-corrected chi connectivity index (χ2v) is 5.70. The van der Waals surface area contributed by atoms with Gasteiger partial charge in [-0.2, -0.15) is 5.26 Å². The van der Waals surface area contributed by atoms with Gasteiger partial charge in [-0.05, 0) is 42.8 Å². The van der Waals surface area contributed by atoms with E-state index in [9.17, 15) is 14.4 Å². The summed E-state index contributed by atoms with van der Waals surface area (Å²) in [6.07, 6.45) is 1.70. The molecule has 0 radical (unpaired) electrons. The summed E-state index contributed by atoms with van der Waals surface area (Å²) in [5, 5.41) is 12.1. The molecule has 124 valence electrons. The largest absolute Gasteiger partial charge is 0.347 e. The molecule has 25 heavy (non-hydrogen) atoms. The van der Waals surface area contributed by atoms with Crippen LogP contribution in [0.15, 0.2) is 60.8 Å². The highest BCUT2D eigenvalue weighted by atomic mass is 19.1. The summed E-state index contributed by atoms with van der Waals surface area (Å²) in [5.74, 6) is -0.679. The number of amides is 1. The number of hydrogen-bond acceptors (Lipinski definition) is 2. The molecule has 1 heterocycles. The van der Waals surface area contributed by atoms with Crippen LogP contribution in [0.4, 0.5) is 4.39 Å². The Kier molecular flexibility index (Phi) is 4.62. The molecule has 2 aromatic carbocycles. The fourth-order valence-corrected chi connectivity index (χ4v) is 2.54. The van der Waals surface area contributed by atoms with Gasteiger partial charge in [0.25, 0.3) is 5.91 Å². The van der Waals surface area contributed by atoms with Gasteiger partial charge < -0.3 is 9.88 Å². The fraction of sp³-hybridized carbons (Fsp3) is 0.100. The Labute approximate surface area is 145 Å². The number of rotatable bonds is 4. The highest BCUT2D eigenvalue weighted by molar-refractivity contribution is 5.95. The second kappa shape index (κ2) is 7.02. The number of carbonyl (C=O) groups is 1. The maximum absolute atomic E-state index is 12.9. The Morgan fingerprint density at radius 1 is 1.12 bits per heavy atom. The summed E-state index contributed by atoms with van der Waals surface area (Å²) >= 11 is 0. The van der Waals surface area contributed by atoms with Crippen LogP contribution in [0.5, 0.6) is 0 Å².